The van der Waals surface area contributed by atoms with E-state index in [1.807, 2.05) is 7.05 Å². The van der Waals surface area contributed by atoms with Crippen molar-refractivity contribution in [1.29, 1.82) is 0 Å². The maximum absolute atomic E-state index is 13.8. The van der Waals surface area contributed by atoms with Crippen LogP contribution in [-0.2, 0) is 6.54 Å². The fourth-order valence-electron chi connectivity index (χ4n) is 3.20. The zero-order chi connectivity index (χ0) is 17.8. The Bertz CT molecular complexity index is 735. The lowest BCUT2D eigenvalue weighted by Crippen LogP contribution is -2.35. The molecule has 1 atom stereocenters. The van der Waals surface area contributed by atoms with Crippen LogP contribution < -0.4 is 0 Å². The van der Waals surface area contributed by atoms with Crippen LogP contribution in [-0.4, -0.2) is 57.0 Å². The lowest BCUT2D eigenvalue weighted by Gasteiger charge is -2.26. The molecule has 0 bridgehead atoms. The Morgan fingerprint density at radius 3 is 3.00 bits per heavy atom. The second-order valence-electron chi connectivity index (χ2n) is 6.38. The molecule has 1 aliphatic heterocycles. The summed E-state index contributed by atoms with van der Waals surface area (Å²) < 4.78 is 18.8. The van der Waals surface area contributed by atoms with Crippen molar-refractivity contribution in [3.63, 3.8) is 0 Å². The van der Waals surface area contributed by atoms with E-state index < -0.39 is 5.82 Å². The summed E-state index contributed by atoms with van der Waals surface area (Å²) in [4.78, 5) is 24.4. The summed E-state index contributed by atoms with van der Waals surface area (Å²) in [5.74, 6) is 0.381. The molecular weight excluding hydrogens is 325 g/mol. The lowest BCUT2D eigenvalue weighted by atomic mass is 10.1. The van der Waals surface area contributed by atoms with Gasteiger partial charge in [-0.05, 0) is 32.4 Å². The van der Waals surface area contributed by atoms with Gasteiger partial charge in [0.2, 0.25) is 5.89 Å². The normalized spacial score (nSPS) is 18.4. The molecule has 1 amide bonds. The number of halogens is 1. The Kier molecular flexibility index (Phi) is 5.37. The highest BCUT2D eigenvalue weighted by molar-refractivity contribution is 5.94. The first-order valence-corrected chi connectivity index (χ1v) is 8.43. The summed E-state index contributed by atoms with van der Waals surface area (Å²) in [6, 6.07) is 1.75. The maximum Gasteiger partial charge on any atom is 0.256 e. The SMILES string of the molecule is Cc1nc(CN(C)[C@H]2CCCN(C(=O)c3ccncc3F)CC2)no1. The van der Waals surface area contributed by atoms with Crippen LogP contribution in [0.15, 0.2) is 23.0 Å². The van der Waals surface area contributed by atoms with Crippen molar-refractivity contribution in [2.24, 2.45) is 0 Å². The third-order valence-electron chi connectivity index (χ3n) is 4.57. The van der Waals surface area contributed by atoms with E-state index in [4.69, 9.17) is 4.52 Å². The number of aromatic nitrogens is 3. The van der Waals surface area contributed by atoms with Crippen molar-refractivity contribution in [1.82, 2.24) is 24.9 Å². The summed E-state index contributed by atoms with van der Waals surface area (Å²) >= 11 is 0. The molecule has 2 aromatic heterocycles. The Morgan fingerprint density at radius 1 is 1.44 bits per heavy atom. The minimum atomic E-state index is -0.571. The number of carbonyl (C=O) groups is 1. The van der Waals surface area contributed by atoms with Crippen LogP contribution in [0.2, 0.25) is 0 Å². The average molecular weight is 347 g/mol. The second kappa shape index (κ2) is 7.69. The molecule has 134 valence electrons. The molecule has 1 fully saturated rings. The van der Waals surface area contributed by atoms with Gasteiger partial charge >= 0.3 is 0 Å². The molecular formula is C17H22FN5O2. The van der Waals surface area contributed by atoms with Gasteiger partial charge in [-0.3, -0.25) is 14.7 Å². The van der Waals surface area contributed by atoms with E-state index in [1.165, 1.54) is 12.3 Å². The van der Waals surface area contributed by atoms with Crippen LogP contribution in [0.5, 0.6) is 0 Å². The molecule has 1 aliphatic rings. The summed E-state index contributed by atoms with van der Waals surface area (Å²) in [6.45, 7) is 3.60. The van der Waals surface area contributed by atoms with Crippen molar-refractivity contribution in [3.8, 4) is 0 Å². The number of likely N-dealkylation sites (tertiary alicyclic amines) is 1. The first-order chi connectivity index (χ1) is 12.0. The van der Waals surface area contributed by atoms with E-state index in [9.17, 15) is 9.18 Å². The van der Waals surface area contributed by atoms with Gasteiger partial charge in [-0.25, -0.2) is 4.39 Å². The molecule has 0 spiro atoms. The molecule has 0 N–H and O–H groups in total. The van der Waals surface area contributed by atoms with E-state index in [0.29, 0.717) is 37.4 Å². The van der Waals surface area contributed by atoms with Crippen molar-refractivity contribution < 1.29 is 13.7 Å². The van der Waals surface area contributed by atoms with E-state index in [-0.39, 0.29) is 11.5 Å². The van der Waals surface area contributed by atoms with Gasteiger partial charge in [0, 0.05) is 32.3 Å². The predicted octanol–water partition coefficient (Wildman–Crippen LogP) is 2.04. The fourth-order valence-corrected chi connectivity index (χ4v) is 3.20. The van der Waals surface area contributed by atoms with Crippen LogP contribution in [0, 0.1) is 12.7 Å². The predicted molar refractivity (Wildman–Crippen MR) is 88.2 cm³/mol. The Morgan fingerprint density at radius 2 is 2.28 bits per heavy atom. The van der Waals surface area contributed by atoms with Crippen LogP contribution in [0.4, 0.5) is 4.39 Å². The molecule has 8 heteroatoms. The van der Waals surface area contributed by atoms with Crippen LogP contribution in [0.1, 0.15) is 41.3 Å². The van der Waals surface area contributed by atoms with E-state index in [2.05, 4.69) is 20.0 Å². The largest absolute Gasteiger partial charge is 0.340 e. The van der Waals surface area contributed by atoms with Gasteiger partial charge in [-0.15, -0.1) is 0 Å². The highest BCUT2D eigenvalue weighted by atomic mass is 19.1. The van der Waals surface area contributed by atoms with Gasteiger partial charge in [0.1, 0.15) is 0 Å². The van der Waals surface area contributed by atoms with E-state index in [0.717, 1.165) is 25.5 Å². The third kappa shape index (κ3) is 4.19. The second-order valence-corrected chi connectivity index (χ2v) is 6.38. The Balaban J connectivity index is 1.60. The lowest BCUT2D eigenvalue weighted by molar-refractivity contribution is 0.0752. The quantitative estimate of drug-likeness (QED) is 0.842. The van der Waals surface area contributed by atoms with Crippen LogP contribution >= 0.6 is 0 Å². The van der Waals surface area contributed by atoms with Gasteiger partial charge in [0.15, 0.2) is 11.6 Å². The van der Waals surface area contributed by atoms with Crippen LogP contribution in [0.25, 0.3) is 0 Å². The average Bonchev–Trinajstić information content (AvgIpc) is 2.86. The van der Waals surface area contributed by atoms with Crippen LogP contribution in [0.3, 0.4) is 0 Å². The molecule has 2 aromatic rings. The third-order valence-corrected chi connectivity index (χ3v) is 4.57. The molecule has 3 heterocycles. The number of rotatable bonds is 4. The smallest absolute Gasteiger partial charge is 0.256 e. The van der Waals surface area contributed by atoms with Crippen molar-refractivity contribution >= 4 is 5.91 Å². The number of hydrogen-bond donors (Lipinski definition) is 0. The van der Waals surface area contributed by atoms with Gasteiger partial charge in [-0.1, -0.05) is 5.16 Å². The topological polar surface area (TPSA) is 75.4 Å². The minimum absolute atomic E-state index is 0.0871. The number of amides is 1. The van der Waals surface area contributed by atoms with Crippen molar-refractivity contribution in [3.05, 3.63) is 41.6 Å². The van der Waals surface area contributed by atoms with Gasteiger partial charge < -0.3 is 9.42 Å². The molecule has 25 heavy (non-hydrogen) atoms. The monoisotopic (exact) mass is 347 g/mol. The van der Waals surface area contributed by atoms with E-state index >= 15 is 0 Å². The first kappa shape index (κ1) is 17.5. The molecule has 0 aromatic carbocycles. The van der Waals surface area contributed by atoms with Gasteiger partial charge in [0.05, 0.1) is 18.3 Å². The van der Waals surface area contributed by atoms with Gasteiger partial charge in [-0.2, -0.15) is 4.98 Å². The standard InChI is InChI=1S/C17H22FN5O2/c1-12-20-16(21-25-12)11-22(2)13-4-3-8-23(9-6-13)17(24)14-5-7-19-10-15(14)18/h5,7,10,13H,3-4,6,8-9,11H2,1-2H3/t13-/m0/s1. The molecule has 0 aliphatic carbocycles. The molecule has 3 rings (SSSR count). The van der Waals surface area contributed by atoms with Crippen molar-refractivity contribution in [2.75, 3.05) is 20.1 Å². The zero-order valence-corrected chi connectivity index (χ0v) is 14.5. The highest BCUT2D eigenvalue weighted by Gasteiger charge is 2.25. The molecule has 0 radical (unpaired) electrons. The Hall–Kier alpha value is -2.35. The number of nitrogens with zero attached hydrogens (tertiary/aromatic N) is 5. The Labute approximate surface area is 145 Å². The molecule has 0 unspecified atom stereocenters. The van der Waals surface area contributed by atoms with Crippen molar-refractivity contribution in [2.45, 2.75) is 38.8 Å². The minimum Gasteiger partial charge on any atom is -0.340 e. The summed E-state index contributed by atoms with van der Waals surface area (Å²) in [7, 11) is 2.02. The number of carbonyl (C=O) groups excluding carboxylic acids is 1. The first-order valence-electron chi connectivity index (χ1n) is 8.43. The molecule has 1 saturated heterocycles. The number of pyridine rings is 1. The highest BCUT2D eigenvalue weighted by Crippen LogP contribution is 2.19. The summed E-state index contributed by atoms with van der Waals surface area (Å²) in [6.07, 6.45) is 5.19. The summed E-state index contributed by atoms with van der Waals surface area (Å²) in [5, 5.41) is 3.93. The fraction of sp³-hybridized carbons (Fsp3) is 0.529. The molecule has 7 nitrogen and oxygen atoms in total. The number of hydrogen-bond acceptors (Lipinski definition) is 6. The molecule has 0 saturated carbocycles. The van der Waals surface area contributed by atoms with E-state index in [1.54, 1.807) is 11.8 Å². The zero-order valence-electron chi connectivity index (χ0n) is 14.5. The maximum atomic E-state index is 13.8. The summed E-state index contributed by atoms with van der Waals surface area (Å²) in [5.41, 5.74) is 0.0871. The van der Waals surface area contributed by atoms with Gasteiger partial charge in [0.25, 0.3) is 5.91 Å². The number of aryl methyl sites for hydroxylation is 1.